The summed E-state index contributed by atoms with van der Waals surface area (Å²) in [6, 6.07) is 7.52. The van der Waals surface area contributed by atoms with Gasteiger partial charge < -0.3 is 9.84 Å². The van der Waals surface area contributed by atoms with Crippen LogP contribution in [0.4, 0.5) is 5.69 Å². The molecule has 0 fully saturated rings. The number of anilines is 1. The first-order chi connectivity index (χ1) is 14.6. The van der Waals surface area contributed by atoms with E-state index in [1.807, 2.05) is 24.3 Å². The van der Waals surface area contributed by atoms with Crippen LogP contribution < -0.4 is 4.90 Å². The lowest BCUT2D eigenvalue weighted by molar-refractivity contribution is -0.122. The van der Waals surface area contributed by atoms with E-state index in [1.54, 1.807) is 0 Å². The van der Waals surface area contributed by atoms with Crippen molar-refractivity contribution in [3.63, 3.8) is 0 Å². The lowest BCUT2D eigenvalue weighted by atomic mass is 10.0. The topological polar surface area (TPSA) is 66.8 Å². The minimum atomic E-state index is -0.143. The molecule has 2 amide bonds. The molecule has 0 heterocycles. The SMILES string of the molecule is C=C(CCCCCCOCCO)c1ccc(N(C=O)C(=O)CCCCCCC)cc1. The van der Waals surface area contributed by atoms with Crippen LogP contribution in [0.5, 0.6) is 0 Å². The number of allylic oxidation sites excluding steroid dienone is 1. The summed E-state index contributed by atoms with van der Waals surface area (Å²) in [5, 5.41) is 8.65. The predicted molar refractivity (Wildman–Crippen MR) is 123 cm³/mol. The Bertz CT molecular complexity index is 612. The minimum absolute atomic E-state index is 0.0798. The number of ether oxygens (including phenoxy) is 1. The van der Waals surface area contributed by atoms with Gasteiger partial charge in [0.05, 0.1) is 18.9 Å². The molecule has 0 saturated carbocycles. The Kier molecular flexibility index (Phi) is 14.6. The fraction of sp³-hybridized carbons (Fsp3) is 0.600. The lowest BCUT2D eigenvalue weighted by Gasteiger charge is -2.16. The van der Waals surface area contributed by atoms with E-state index in [1.165, 1.54) is 17.7 Å². The minimum Gasteiger partial charge on any atom is -0.394 e. The van der Waals surface area contributed by atoms with Gasteiger partial charge in [0.2, 0.25) is 12.3 Å². The normalized spacial score (nSPS) is 10.7. The Morgan fingerprint density at radius 3 is 2.23 bits per heavy atom. The molecule has 0 aromatic heterocycles. The third kappa shape index (κ3) is 10.7. The van der Waals surface area contributed by atoms with E-state index in [9.17, 15) is 9.59 Å². The first kappa shape index (κ1) is 26.1. The molecule has 0 aliphatic carbocycles. The second kappa shape index (κ2) is 16.8. The Morgan fingerprint density at radius 1 is 0.967 bits per heavy atom. The second-order valence-corrected chi connectivity index (χ2v) is 7.68. The smallest absolute Gasteiger partial charge is 0.233 e. The quantitative estimate of drug-likeness (QED) is 0.253. The monoisotopic (exact) mass is 417 g/mol. The average molecular weight is 418 g/mol. The van der Waals surface area contributed by atoms with Gasteiger partial charge in [-0.25, -0.2) is 0 Å². The van der Waals surface area contributed by atoms with Gasteiger partial charge in [0, 0.05) is 13.0 Å². The Balaban J connectivity index is 2.38. The maximum atomic E-state index is 12.4. The van der Waals surface area contributed by atoms with Crippen LogP contribution in [0.1, 0.15) is 83.1 Å². The third-order valence-electron chi connectivity index (χ3n) is 5.17. The van der Waals surface area contributed by atoms with Gasteiger partial charge in [-0.15, -0.1) is 0 Å². The van der Waals surface area contributed by atoms with Crippen molar-refractivity contribution in [3.8, 4) is 0 Å². The first-order valence-electron chi connectivity index (χ1n) is 11.4. The maximum absolute atomic E-state index is 12.4. The van der Waals surface area contributed by atoms with Crippen molar-refractivity contribution in [1.82, 2.24) is 0 Å². The molecule has 0 aliphatic rings. The van der Waals surface area contributed by atoms with Gasteiger partial charge in [-0.3, -0.25) is 14.5 Å². The van der Waals surface area contributed by atoms with Crippen LogP contribution in [0, 0.1) is 0 Å². The van der Waals surface area contributed by atoms with E-state index in [0.717, 1.165) is 62.5 Å². The summed E-state index contributed by atoms with van der Waals surface area (Å²) < 4.78 is 5.25. The molecule has 1 aromatic rings. The molecule has 0 unspecified atom stereocenters. The summed E-state index contributed by atoms with van der Waals surface area (Å²) in [7, 11) is 0. The third-order valence-corrected chi connectivity index (χ3v) is 5.17. The fourth-order valence-electron chi connectivity index (χ4n) is 3.33. The predicted octanol–water partition coefficient (Wildman–Crippen LogP) is 5.51. The largest absolute Gasteiger partial charge is 0.394 e. The molecule has 1 rings (SSSR count). The molecule has 0 atom stereocenters. The molecule has 0 radical (unpaired) electrons. The number of rotatable bonds is 18. The molecule has 1 aromatic carbocycles. The highest BCUT2D eigenvalue weighted by Crippen LogP contribution is 2.23. The number of hydrogen-bond acceptors (Lipinski definition) is 4. The zero-order chi connectivity index (χ0) is 22.0. The Labute approximate surface area is 182 Å². The highest BCUT2D eigenvalue weighted by atomic mass is 16.5. The number of aliphatic hydroxyl groups excluding tert-OH is 1. The lowest BCUT2D eigenvalue weighted by Crippen LogP contribution is -2.29. The van der Waals surface area contributed by atoms with E-state index in [0.29, 0.717) is 31.7 Å². The summed E-state index contributed by atoms with van der Waals surface area (Å²) >= 11 is 0. The van der Waals surface area contributed by atoms with E-state index in [4.69, 9.17) is 9.84 Å². The van der Waals surface area contributed by atoms with Crippen LogP contribution in [0.2, 0.25) is 0 Å². The molecule has 0 saturated heterocycles. The highest BCUT2D eigenvalue weighted by Gasteiger charge is 2.14. The number of hydrogen-bond donors (Lipinski definition) is 1. The molecule has 0 bridgehead atoms. The molecule has 5 heteroatoms. The first-order valence-corrected chi connectivity index (χ1v) is 11.4. The van der Waals surface area contributed by atoms with Crippen molar-refractivity contribution in [3.05, 3.63) is 36.4 Å². The highest BCUT2D eigenvalue weighted by molar-refractivity contribution is 6.06. The summed E-state index contributed by atoms with van der Waals surface area (Å²) in [6.07, 6.45) is 11.6. The Morgan fingerprint density at radius 2 is 1.60 bits per heavy atom. The van der Waals surface area contributed by atoms with Gasteiger partial charge in [0.1, 0.15) is 0 Å². The van der Waals surface area contributed by atoms with E-state index >= 15 is 0 Å². The molecule has 1 N–H and O–H groups in total. The van der Waals surface area contributed by atoms with Crippen LogP contribution in [-0.2, 0) is 14.3 Å². The fourth-order valence-corrected chi connectivity index (χ4v) is 3.33. The number of imide groups is 1. The molecule has 0 aliphatic heterocycles. The summed E-state index contributed by atoms with van der Waals surface area (Å²) in [6.45, 7) is 7.54. The van der Waals surface area contributed by atoms with Crippen molar-refractivity contribution in [1.29, 1.82) is 0 Å². The van der Waals surface area contributed by atoms with Crippen LogP contribution in [0.3, 0.4) is 0 Å². The number of nitrogens with zero attached hydrogens (tertiary/aromatic N) is 1. The van der Waals surface area contributed by atoms with Gasteiger partial charge in [-0.05, 0) is 49.0 Å². The van der Waals surface area contributed by atoms with Crippen molar-refractivity contribution in [2.45, 2.75) is 77.6 Å². The van der Waals surface area contributed by atoms with Crippen molar-refractivity contribution in [2.75, 3.05) is 24.7 Å². The van der Waals surface area contributed by atoms with Crippen LogP contribution in [0.25, 0.3) is 5.57 Å². The van der Waals surface area contributed by atoms with Crippen LogP contribution in [0.15, 0.2) is 30.8 Å². The molecule has 168 valence electrons. The zero-order valence-corrected chi connectivity index (χ0v) is 18.6. The van der Waals surface area contributed by atoms with Gasteiger partial charge in [-0.1, -0.05) is 64.2 Å². The number of unbranched alkanes of at least 4 members (excludes halogenated alkanes) is 7. The molecular weight excluding hydrogens is 378 g/mol. The summed E-state index contributed by atoms with van der Waals surface area (Å²) in [5.41, 5.74) is 2.73. The molecule has 30 heavy (non-hydrogen) atoms. The van der Waals surface area contributed by atoms with E-state index in [-0.39, 0.29) is 12.5 Å². The van der Waals surface area contributed by atoms with Crippen molar-refractivity contribution in [2.24, 2.45) is 0 Å². The van der Waals surface area contributed by atoms with Crippen molar-refractivity contribution < 1.29 is 19.4 Å². The number of carbonyl (C=O) groups is 2. The number of aliphatic hydroxyl groups is 1. The maximum Gasteiger partial charge on any atom is 0.233 e. The standard InChI is InChI=1S/C25H39NO4/c1-3-4-5-6-10-13-25(29)26(21-28)24-16-14-23(15-17-24)22(2)12-9-7-8-11-19-30-20-18-27/h14-17,21,27H,2-13,18-20H2,1H3. The van der Waals surface area contributed by atoms with Crippen LogP contribution >= 0.6 is 0 Å². The average Bonchev–Trinajstić information content (AvgIpc) is 2.76. The number of amides is 2. The van der Waals surface area contributed by atoms with Gasteiger partial charge >= 0.3 is 0 Å². The second-order valence-electron chi connectivity index (χ2n) is 7.68. The number of benzene rings is 1. The van der Waals surface area contributed by atoms with Crippen LogP contribution in [-0.4, -0.2) is 37.2 Å². The van der Waals surface area contributed by atoms with Gasteiger partial charge in [0.25, 0.3) is 0 Å². The molecule has 5 nitrogen and oxygen atoms in total. The van der Waals surface area contributed by atoms with Gasteiger partial charge in [0.15, 0.2) is 0 Å². The molecular formula is C25H39NO4. The van der Waals surface area contributed by atoms with E-state index in [2.05, 4.69) is 13.5 Å². The molecule has 0 spiro atoms. The number of carbonyl (C=O) groups excluding carboxylic acids is 2. The summed E-state index contributed by atoms with van der Waals surface area (Å²) in [5.74, 6) is -0.143. The van der Waals surface area contributed by atoms with E-state index < -0.39 is 0 Å². The zero-order valence-electron chi connectivity index (χ0n) is 18.6. The Hall–Kier alpha value is -1.98. The van der Waals surface area contributed by atoms with Gasteiger partial charge in [-0.2, -0.15) is 0 Å². The van der Waals surface area contributed by atoms with Crippen molar-refractivity contribution >= 4 is 23.6 Å². The summed E-state index contributed by atoms with van der Waals surface area (Å²) in [4.78, 5) is 25.0.